The van der Waals surface area contributed by atoms with Crippen LogP contribution in [0.4, 0.5) is 0 Å². The number of likely N-dealkylation sites (tertiary alicyclic amines) is 1. The van der Waals surface area contributed by atoms with E-state index in [-0.39, 0.29) is 11.8 Å². The van der Waals surface area contributed by atoms with Gasteiger partial charge in [0, 0.05) is 52.1 Å². The summed E-state index contributed by atoms with van der Waals surface area (Å²) in [5, 5.41) is 3.37. The summed E-state index contributed by atoms with van der Waals surface area (Å²) in [6, 6.07) is 0. The Kier molecular flexibility index (Phi) is 4.80. The monoisotopic (exact) mass is 267 g/mol. The average molecular weight is 267 g/mol. The van der Waals surface area contributed by atoms with Gasteiger partial charge in [-0.05, 0) is 25.7 Å². The molecule has 5 heteroatoms. The van der Waals surface area contributed by atoms with Crippen LogP contribution >= 0.6 is 0 Å². The molecular weight excluding hydrogens is 242 g/mol. The summed E-state index contributed by atoms with van der Waals surface area (Å²) in [4.78, 5) is 27.7. The lowest BCUT2D eigenvalue weighted by Gasteiger charge is -2.20. The van der Waals surface area contributed by atoms with Gasteiger partial charge < -0.3 is 15.1 Å². The molecule has 2 rings (SSSR count). The van der Waals surface area contributed by atoms with E-state index in [2.05, 4.69) is 5.32 Å². The first-order chi connectivity index (χ1) is 9.15. The number of nitrogens with one attached hydrogen (secondary N) is 1. The molecule has 0 aliphatic carbocycles. The Morgan fingerprint density at radius 2 is 1.68 bits per heavy atom. The molecule has 2 aliphatic rings. The van der Waals surface area contributed by atoms with Crippen LogP contribution in [0.15, 0.2) is 0 Å². The fraction of sp³-hybridized carbons (Fsp3) is 0.857. The molecule has 2 heterocycles. The molecule has 1 N–H and O–H groups in total. The minimum atomic E-state index is 0.0967. The van der Waals surface area contributed by atoms with Crippen LogP contribution in [-0.2, 0) is 9.59 Å². The van der Waals surface area contributed by atoms with Crippen LogP contribution in [0.3, 0.4) is 0 Å². The number of fused-ring (bicyclic) bond motifs is 1. The SMILES string of the molecule is CCN(CC)C(=O)CCC(=O)N1C[C@H]2CNC[C@H]2C1. The Morgan fingerprint density at radius 1 is 1.11 bits per heavy atom. The maximum atomic E-state index is 12.1. The summed E-state index contributed by atoms with van der Waals surface area (Å²) in [7, 11) is 0. The first kappa shape index (κ1) is 14.3. The summed E-state index contributed by atoms with van der Waals surface area (Å²) in [5.74, 6) is 1.50. The molecule has 0 spiro atoms. The van der Waals surface area contributed by atoms with Crippen molar-refractivity contribution in [1.29, 1.82) is 0 Å². The standard InChI is InChI=1S/C14H25N3O2/c1-3-16(4-2)13(18)5-6-14(19)17-9-11-7-15-8-12(11)10-17/h11-12,15H,3-10H2,1-2H3/t11-,12+. The van der Waals surface area contributed by atoms with Gasteiger partial charge in [0.2, 0.25) is 11.8 Å². The highest BCUT2D eigenvalue weighted by atomic mass is 16.2. The molecule has 2 aliphatic heterocycles. The van der Waals surface area contributed by atoms with E-state index in [9.17, 15) is 9.59 Å². The molecule has 2 saturated heterocycles. The minimum Gasteiger partial charge on any atom is -0.343 e. The van der Waals surface area contributed by atoms with Gasteiger partial charge in [-0.2, -0.15) is 0 Å². The van der Waals surface area contributed by atoms with Crippen LogP contribution in [0.1, 0.15) is 26.7 Å². The topological polar surface area (TPSA) is 52.7 Å². The summed E-state index contributed by atoms with van der Waals surface area (Å²) >= 11 is 0. The van der Waals surface area contributed by atoms with Gasteiger partial charge in [-0.3, -0.25) is 9.59 Å². The minimum absolute atomic E-state index is 0.0967. The molecule has 2 fully saturated rings. The number of hydrogen-bond acceptors (Lipinski definition) is 3. The Bertz CT molecular complexity index is 330. The Balaban J connectivity index is 1.74. The third kappa shape index (κ3) is 3.26. The number of amides is 2. The first-order valence-electron chi connectivity index (χ1n) is 7.42. The molecule has 0 aromatic rings. The van der Waals surface area contributed by atoms with E-state index in [0.29, 0.717) is 24.7 Å². The molecule has 2 atom stereocenters. The van der Waals surface area contributed by atoms with Crippen LogP contribution in [0.2, 0.25) is 0 Å². The second-order valence-electron chi connectivity index (χ2n) is 5.54. The molecular formula is C14H25N3O2. The maximum Gasteiger partial charge on any atom is 0.223 e. The second kappa shape index (κ2) is 6.37. The smallest absolute Gasteiger partial charge is 0.223 e. The van der Waals surface area contributed by atoms with Crippen LogP contribution in [-0.4, -0.2) is 60.9 Å². The highest BCUT2D eigenvalue weighted by Crippen LogP contribution is 2.26. The number of carbonyl (C=O) groups is 2. The van der Waals surface area contributed by atoms with Gasteiger partial charge in [-0.25, -0.2) is 0 Å². The van der Waals surface area contributed by atoms with Gasteiger partial charge in [-0.1, -0.05) is 0 Å². The lowest BCUT2D eigenvalue weighted by Crippen LogP contribution is -2.34. The Labute approximate surface area is 115 Å². The highest BCUT2D eigenvalue weighted by molar-refractivity contribution is 5.84. The molecule has 19 heavy (non-hydrogen) atoms. The zero-order chi connectivity index (χ0) is 13.8. The Morgan fingerprint density at radius 3 is 2.21 bits per heavy atom. The third-order valence-corrected chi connectivity index (χ3v) is 4.41. The predicted molar refractivity (Wildman–Crippen MR) is 73.6 cm³/mol. The van der Waals surface area contributed by atoms with E-state index in [1.165, 1.54) is 0 Å². The van der Waals surface area contributed by atoms with Crippen LogP contribution in [0, 0.1) is 11.8 Å². The summed E-state index contributed by atoms with van der Waals surface area (Å²) < 4.78 is 0. The van der Waals surface area contributed by atoms with E-state index < -0.39 is 0 Å². The van der Waals surface area contributed by atoms with E-state index in [1.54, 1.807) is 4.90 Å². The second-order valence-corrected chi connectivity index (χ2v) is 5.54. The lowest BCUT2D eigenvalue weighted by molar-refractivity contribution is -0.136. The zero-order valence-corrected chi connectivity index (χ0v) is 12.0. The molecule has 5 nitrogen and oxygen atoms in total. The normalized spacial score (nSPS) is 25.5. The van der Waals surface area contributed by atoms with Crippen LogP contribution in [0.25, 0.3) is 0 Å². The first-order valence-corrected chi connectivity index (χ1v) is 7.42. The Hall–Kier alpha value is -1.10. The van der Waals surface area contributed by atoms with Crippen molar-refractivity contribution in [3.05, 3.63) is 0 Å². The number of rotatable bonds is 5. The van der Waals surface area contributed by atoms with Gasteiger partial charge >= 0.3 is 0 Å². The van der Waals surface area contributed by atoms with Gasteiger partial charge in [-0.15, -0.1) is 0 Å². The predicted octanol–water partition coefficient (Wildman–Crippen LogP) is 0.313. The fourth-order valence-electron chi connectivity index (χ4n) is 3.17. The summed E-state index contributed by atoms with van der Waals surface area (Å²) in [5.41, 5.74) is 0. The number of carbonyl (C=O) groups excluding carboxylic acids is 2. The van der Waals surface area contributed by atoms with E-state index in [0.717, 1.165) is 39.3 Å². The number of hydrogen-bond donors (Lipinski definition) is 1. The number of nitrogens with zero attached hydrogens (tertiary/aromatic N) is 2. The molecule has 0 aromatic carbocycles. The molecule has 0 saturated carbocycles. The van der Waals surface area contributed by atoms with Crippen molar-refractivity contribution in [2.45, 2.75) is 26.7 Å². The summed E-state index contributed by atoms with van der Waals surface area (Å²) in [6.07, 6.45) is 0.715. The average Bonchev–Trinajstić information content (AvgIpc) is 2.98. The van der Waals surface area contributed by atoms with Crippen molar-refractivity contribution in [3.63, 3.8) is 0 Å². The van der Waals surface area contributed by atoms with Gasteiger partial charge in [0.25, 0.3) is 0 Å². The van der Waals surface area contributed by atoms with E-state index in [4.69, 9.17) is 0 Å². The molecule has 0 radical (unpaired) electrons. The fourth-order valence-corrected chi connectivity index (χ4v) is 3.17. The lowest BCUT2D eigenvalue weighted by atomic mass is 10.0. The quantitative estimate of drug-likeness (QED) is 0.780. The van der Waals surface area contributed by atoms with Gasteiger partial charge in [0.1, 0.15) is 0 Å². The van der Waals surface area contributed by atoms with Crippen molar-refractivity contribution in [1.82, 2.24) is 15.1 Å². The molecule has 0 unspecified atom stereocenters. The van der Waals surface area contributed by atoms with Crippen molar-refractivity contribution < 1.29 is 9.59 Å². The maximum absolute atomic E-state index is 12.1. The van der Waals surface area contributed by atoms with Crippen molar-refractivity contribution >= 4 is 11.8 Å². The van der Waals surface area contributed by atoms with E-state index >= 15 is 0 Å². The molecule has 0 bridgehead atoms. The van der Waals surface area contributed by atoms with Crippen molar-refractivity contribution in [3.8, 4) is 0 Å². The highest BCUT2D eigenvalue weighted by Gasteiger charge is 2.37. The van der Waals surface area contributed by atoms with Crippen molar-refractivity contribution in [2.24, 2.45) is 11.8 Å². The molecule has 108 valence electrons. The van der Waals surface area contributed by atoms with Crippen molar-refractivity contribution in [2.75, 3.05) is 39.3 Å². The van der Waals surface area contributed by atoms with Crippen LogP contribution < -0.4 is 5.32 Å². The van der Waals surface area contributed by atoms with Crippen LogP contribution in [0.5, 0.6) is 0 Å². The molecule has 2 amide bonds. The third-order valence-electron chi connectivity index (χ3n) is 4.41. The zero-order valence-electron chi connectivity index (χ0n) is 12.0. The van der Waals surface area contributed by atoms with Gasteiger partial charge in [0.05, 0.1) is 0 Å². The summed E-state index contributed by atoms with van der Waals surface area (Å²) in [6.45, 7) is 9.20. The van der Waals surface area contributed by atoms with Gasteiger partial charge in [0.15, 0.2) is 0 Å². The largest absolute Gasteiger partial charge is 0.343 e. The van der Waals surface area contributed by atoms with E-state index in [1.807, 2.05) is 18.7 Å². The molecule has 0 aromatic heterocycles.